The van der Waals surface area contributed by atoms with Crippen molar-refractivity contribution in [2.24, 2.45) is 0 Å². The van der Waals surface area contributed by atoms with Gasteiger partial charge in [-0.3, -0.25) is 9.59 Å². The fraction of sp³-hybridized carbons (Fsp3) is 0.0909. The van der Waals surface area contributed by atoms with Crippen LogP contribution in [0, 0.1) is 6.92 Å². The molecule has 2 N–H and O–H groups in total. The minimum atomic E-state index is -0.451. The second-order valence-electron chi connectivity index (χ2n) is 6.28. The molecule has 3 aromatic rings. The van der Waals surface area contributed by atoms with Gasteiger partial charge in [0.05, 0.1) is 5.02 Å². The number of furan rings is 1. The molecule has 2 aromatic carbocycles. The minimum Gasteiger partial charge on any atom is -0.457 e. The van der Waals surface area contributed by atoms with Gasteiger partial charge in [-0.15, -0.1) is 0 Å². The van der Waals surface area contributed by atoms with Crippen molar-refractivity contribution in [1.29, 1.82) is 0 Å². The molecule has 0 aliphatic rings. The Morgan fingerprint density at radius 1 is 1.00 bits per heavy atom. The number of hydrogen-bond acceptors (Lipinski definition) is 3. The molecule has 0 spiro atoms. The maximum absolute atomic E-state index is 12.5. The average molecular weight is 429 g/mol. The summed E-state index contributed by atoms with van der Waals surface area (Å²) in [5.74, 6) is 0.0492. The summed E-state index contributed by atoms with van der Waals surface area (Å²) in [6, 6.07) is 15.5. The molecular weight excluding hydrogens is 411 g/mol. The number of benzene rings is 2. The van der Waals surface area contributed by atoms with E-state index in [-0.39, 0.29) is 5.70 Å². The Balaban J connectivity index is 1.87. The molecule has 0 fully saturated rings. The first-order valence-corrected chi connectivity index (χ1v) is 9.50. The molecule has 0 bridgehead atoms. The number of carbonyl (C=O) groups is 2. The zero-order chi connectivity index (χ0) is 21.0. The summed E-state index contributed by atoms with van der Waals surface area (Å²) in [4.78, 5) is 24.7. The number of aryl methyl sites for hydroxylation is 1. The number of halogens is 2. The van der Waals surface area contributed by atoms with Gasteiger partial charge in [-0.1, -0.05) is 40.9 Å². The molecule has 0 saturated heterocycles. The topological polar surface area (TPSA) is 71.3 Å². The lowest BCUT2D eigenvalue weighted by atomic mass is 10.1. The Morgan fingerprint density at radius 2 is 1.72 bits per heavy atom. The molecule has 29 heavy (non-hydrogen) atoms. The van der Waals surface area contributed by atoms with Crippen LogP contribution in [0.3, 0.4) is 0 Å². The SMILES string of the molecule is CNC(=O)/C(=C/c1ccc(-c2ccc(Cl)cc2Cl)o1)NC(=O)c1ccc(C)cc1. The van der Waals surface area contributed by atoms with Gasteiger partial charge in [-0.05, 0) is 49.4 Å². The highest BCUT2D eigenvalue weighted by molar-refractivity contribution is 6.36. The van der Waals surface area contributed by atoms with E-state index in [4.69, 9.17) is 27.6 Å². The molecule has 7 heteroatoms. The van der Waals surface area contributed by atoms with Crippen molar-refractivity contribution in [2.75, 3.05) is 7.05 Å². The van der Waals surface area contributed by atoms with Crippen molar-refractivity contribution >= 4 is 41.1 Å². The number of hydrogen-bond donors (Lipinski definition) is 2. The average Bonchev–Trinajstić information content (AvgIpc) is 3.15. The molecule has 0 unspecified atom stereocenters. The van der Waals surface area contributed by atoms with Gasteiger partial charge in [-0.25, -0.2) is 0 Å². The lowest BCUT2D eigenvalue weighted by Crippen LogP contribution is -2.33. The van der Waals surface area contributed by atoms with Crippen molar-refractivity contribution in [3.63, 3.8) is 0 Å². The summed E-state index contributed by atoms with van der Waals surface area (Å²) in [5, 5.41) is 6.10. The molecule has 0 atom stereocenters. The highest BCUT2D eigenvalue weighted by atomic mass is 35.5. The van der Waals surface area contributed by atoms with Crippen LogP contribution in [0.5, 0.6) is 0 Å². The van der Waals surface area contributed by atoms with Gasteiger partial charge in [0.1, 0.15) is 17.2 Å². The van der Waals surface area contributed by atoms with Crippen molar-refractivity contribution < 1.29 is 14.0 Å². The zero-order valence-electron chi connectivity index (χ0n) is 15.8. The largest absolute Gasteiger partial charge is 0.457 e. The first kappa shape index (κ1) is 20.7. The first-order valence-electron chi connectivity index (χ1n) is 8.74. The summed E-state index contributed by atoms with van der Waals surface area (Å²) in [6.45, 7) is 1.93. The van der Waals surface area contributed by atoms with Crippen LogP contribution in [0.25, 0.3) is 17.4 Å². The fourth-order valence-corrected chi connectivity index (χ4v) is 3.10. The zero-order valence-corrected chi connectivity index (χ0v) is 17.3. The van der Waals surface area contributed by atoms with Crippen molar-refractivity contribution in [3.05, 3.63) is 87.2 Å². The Hall–Kier alpha value is -3.02. The lowest BCUT2D eigenvalue weighted by molar-refractivity contribution is -0.117. The van der Waals surface area contributed by atoms with E-state index < -0.39 is 11.8 Å². The Bertz CT molecular complexity index is 1090. The van der Waals surface area contributed by atoms with Gasteiger partial charge in [-0.2, -0.15) is 0 Å². The maximum Gasteiger partial charge on any atom is 0.267 e. The van der Waals surface area contributed by atoms with Crippen molar-refractivity contribution in [2.45, 2.75) is 6.92 Å². The van der Waals surface area contributed by atoms with Crippen LogP contribution in [0.1, 0.15) is 21.7 Å². The first-order chi connectivity index (χ1) is 13.9. The lowest BCUT2D eigenvalue weighted by Gasteiger charge is -2.08. The predicted octanol–water partition coefficient (Wildman–Crippen LogP) is 5.08. The quantitative estimate of drug-likeness (QED) is 0.556. The third kappa shape index (κ3) is 5.08. The van der Waals surface area contributed by atoms with Crippen molar-refractivity contribution in [3.8, 4) is 11.3 Å². The number of carbonyl (C=O) groups excluding carboxylic acids is 2. The fourth-order valence-electron chi connectivity index (χ4n) is 2.60. The summed E-state index contributed by atoms with van der Waals surface area (Å²) in [7, 11) is 1.48. The Labute approximate surface area is 178 Å². The van der Waals surface area contributed by atoms with E-state index in [1.54, 1.807) is 42.5 Å². The van der Waals surface area contributed by atoms with Crippen LogP contribution in [0.2, 0.25) is 10.0 Å². The number of likely N-dealkylation sites (N-methyl/N-ethyl adjacent to an activating group) is 1. The molecule has 1 heterocycles. The molecule has 0 radical (unpaired) electrons. The highest BCUT2D eigenvalue weighted by Gasteiger charge is 2.15. The summed E-state index contributed by atoms with van der Waals surface area (Å²) in [6.07, 6.45) is 1.46. The van der Waals surface area contributed by atoms with Gasteiger partial charge in [0.25, 0.3) is 11.8 Å². The van der Waals surface area contributed by atoms with Gasteiger partial charge in [0.15, 0.2) is 0 Å². The van der Waals surface area contributed by atoms with E-state index >= 15 is 0 Å². The predicted molar refractivity (Wildman–Crippen MR) is 115 cm³/mol. The third-order valence-corrected chi connectivity index (χ3v) is 4.69. The van der Waals surface area contributed by atoms with Crippen LogP contribution in [0.4, 0.5) is 0 Å². The Morgan fingerprint density at radius 3 is 2.38 bits per heavy atom. The van der Waals surface area contributed by atoms with Crippen LogP contribution in [0.15, 0.2) is 64.7 Å². The van der Waals surface area contributed by atoms with Crippen LogP contribution in [-0.2, 0) is 4.79 Å². The van der Waals surface area contributed by atoms with E-state index in [0.29, 0.717) is 32.7 Å². The van der Waals surface area contributed by atoms with Crippen LogP contribution >= 0.6 is 23.2 Å². The van der Waals surface area contributed by atoms with E-state index in [1.165, 1.54) is 13.1 Å². The Kier molecular flexibility index (Phi) is 6.42. The maximum atomic E-state index is 12.5. The second kappa shape index (κ2) is 8.99. The summed E-state index contributed by atoms with van der Waals surface area (Å²) >= 11 is 12.1. The molecular formula is C22H18Cl2N2O3. The molecule has 0 aliphatic carbocycles. The minimum absolute atomic E-state index is 0.0566. The number of rotatable bonds is 5. The molecule has 5 nitrogen and oxygen atoms in total. The normalized spacial score (nSPS) is 11.2. The van der Waals surface area contributed by atoms with E-state index in [0.717, 1.165) is 5.56 Å². The molecule has 0 aliphatic heterocycles. The standard InChI is InChI=1S/C22H18Cl2N2O3/c1-13-3-5-14(6-4-13)21(27)26-19(22(28)25-2)12-16-8-10-20(29-16)17-9-7-15(23)11-18(17)24/h3-12H,1-2H3,(H,25,28)(H,26,27)/b19-12-. The van der Waals surface area contributed by atoms with Gasteiger partial charge in [0, 0.05) is 29.3 Å². The summed E-state index contributed by atoms with van der Waals surface area (Å²) in [5.41, 5.74) is 2.20. The molecule has 148 valence electrons. The molecule has 2 amide bonds. The van der Waals surface area contributed by atoms with Gasteiger partial charge in [0.2, 0.25) is 0 Å². The monoisotopic (exact) mass is 428 g/mol. The van der Waals surface area contributed by atoms with Gasteiger partial charge >= 0.3 is 0 Å². The van der Waals surface area contributed by atoms with Gasteiger partial charge < -0.3 is 15.1 Å². The molecule has 3 rings (SSSR count). The van der Waals surface area contributed by atoms with Crippen molar-refractivity contribution in [1.82, 2.24) is 10.6 Å². The number of nitrogens with one attached hydrogen (secondary N) is 2. The summed E-state index contributed by atoms with van der Waals surface area (Å²) < 4.78 is 5.78. The van der Waals surface area contributed by atoms with Crippen LogP contribution in [-0.4, -0.2) is 18.9 Å². The smallest absolute Gasteiger partial charge is 0.267 e. The van der Waals surface area contributed by atoms with E-state index in [1.807, 2.05) is 19.1 Å². The number of amides is 2. The highest BCUT2D eigenvalue weighted by Crippen LogP contribution is 2.31. The second-order valence-corrected chi connectivity index (χ2v) is 7.13. The van der Waals surface area contributed by atoms with Crippen LogP contribution < -0.4 is 10.6 Å². The molecule has 0 saturated carbocycles. The third-order valence-electron chi connectivity index (χ3n) is 4.14. The van der Waals surface area contributed by atoms with E-state index in [9.17, 15) is 9.59 Å². The van der Waals surface area contributed by atoms with E-state index in [2.05, 4.69) is 10.6 Å². The molecule has 1 aromatic heterocycles.